The lowest BCUT2D eigenvalue weighted by Crippen LogP contribution is -2.42. The first kappa shape index (κ1) is 16.6. The van der Waals surface area contributed by atoms with Crippen LogP contribution in [0, 0.1) is 0 Å². The number of carbonyl (C=O) groups excluding carboxylic acids is 3. The van der Waals surface area contributed by atoms with Crippen LogP contribution in [0.2, 0.25) is 0 Å². The van der Waals surface area contributed by atoms with Crippen molar-refractivity contribution in [1.82, 2.24) is 5.32 Å². The van der Waals surface area contributed by atoms with Gasteiger partial charge in [0.05, 0.1) is 19.3 Å². The number of anilines is 1. The summed E-state index contributed by atoms with van der Waals surface area (Å²) in [5.74, 6) is -2.01. The molecule has 1 aromatic carbocycles. The lowest BCUT2D eigenvalue weighted by Gasteiger charge is -2.12. The van der Waals surface area contributed by atoms with Gasteiger partial charge in [-0.05, 0) is 31.2 Å². The van der Waals surface area contributed by atoms with Crippen LogP contribution < -0.4 is 10.6 Å². The van der Waals surface area contributed by atoms with Gasteiger partial charge in [0.15, 0.2) is 0 Å². The third kappa shape index (κ3) is 5.23. The monoisotopic (exact) mass is 294 g/mol. The summed E-state index contributed by atoms with van der Waals surface area (Å²) in [6, 6.07) is 5.74. The molecule has 2 N–H and O–H groups in total. The number of rotatable bonds is 5. The predicted molar refractivity (Wildman–Crippen MR) is 75.9 cm³/mol. The number of hydrogen-bond acceptors (Lipinski definition) is 5. The van der Waals surface area contributed by atoms with Crippen molar-refractivity contribution >= 4 is 23.5 Å². The molecule has 1 aromatic rings. The second-order valence-corrected chi connectivity index (χ2v) is 4.35. The predicted octanol–water partition coefficient (Wildman–Crippen LogP) is 0.563. The smallest absolute Gasteiger partial charge is 0.337 e. The summed E-state index contributed by atoms with van der Waals surface area (Å²) in [4.78, 5) is 34.5. The van der Waals surface area contributed by atoms with Crippen LogP contribution in [0.15, 0.2) is 24.3 Å². The van der Waals surface area contributed by atoms with Crippen LogP contribution in [0.3, 0.4) is 0 Å². The minimum absolute atomic E-state index is 0.269. The van der Waals surface area contributed by atoms with Crippen LogP contribution in [0.4, 0.5) is 5.69 Å². The zero-order valence-electron chi connectivity index (χ0n) is 12.1. The summed E-state index contributed by atoms with van der Waals surface area (Å²) in [6.07, 6.45) is 0. The number of carbonyl (C=O) groups is 3. The Morgan fingerprint density at radius 3 is 2.24 bits per heavy atom. The number of amides is 2. The summed E-state index contributed by atoms with van der Waals surface area (Å²) in [5.41, 5.74) is 0.760. The quantitative estimate of drug-likeness (QED) is 0.611. The summed E-state index contributed by atoms with van der Waals surface area (Å²) >= 11 is 0. The van der Waals surface area contributed by atoms with Crippen LogP contribution in [0.5, 0.6) is 0 Å². The molecule has 0 aliphatic carbocycles. The summed E-state index contributed by atoms with van der Waals surface area (Å²) < 4.78 is 9.42. The first-order chi connectivity index (χ1) is 9.97. The van der Waals surface area contributed by atoms with Crippen LogP contribution in [-0.4, -0.2) is 44.7 Å². The molecule has 0 saturated carbocycles. The van der Waals surface area contributed by atoms with Crippen molar-refractivity contribution in [1.29, 1.82) is 0 Å². The molecule has 0 unspecified atom stereocenters. The second kappa shape index (κ2) is 8.01. The van der Waals surface area contributed by atoms with E-state index >= 15 is 0 Å². The first-order valence-corrected chi connectivity index (χ1v) is 6.27. The van der Waals surface area contributed by atoms with E-state index < -0.39 is 17.8 Å². The maximum absolute atomic E-state index is 11.7. The van der Waals surface area contributed by atoms with E-state index in [9.17, 15) is 14.4 Å². The van der Waals surface area contributed by atoms with Crippen LogP contribution in [-0.2, 0) is 19.1 Å². The van der Waals surface area contributed by atoms with Gasteiger partial charge >= 0.3 is 17.8 Å². The molecule has 0 heterocycles. The highest BCUT2D eigenvalue weighted by molar-refractivity contribution is 6.39. The van der Waals surface area contributed by atoms with Gasteiger partial charge in [-0.3, -0.25) is 9.59 Å². The number of ether oxygens (including phenoxy) is 2. The Morgan fingerprint density at radius 2 is 1.71 bits per heavy atom. The van der Waals surface area contributed by atoms with Crippen molar-refractivity contribution in [3.8, 4) is 0 Å². The van der Waals surface area contributed by atoms with E-state index in [2.05, 4.69) is 15.4 Å². The summed E-state index contributed by atoms with van der Waals surface area (Å²) in [5, 5.41) is 4.92. The van der Waals surface area contributed by atoms with Crippen molar-refractivity contribution in [3.05, 3.63) is 29.8 Å². The van der Waals surface area contributed by atoms with Gasteiger partial charge in [0, 0.05) is 18.8 Å². The van der Waals surface area contributed by atoms with Crippen molar-refractivity contribution in [2.45, 2.75) is 13.0 Å². The number of nitrogens with one attached hydrogen (secondary N) is 2. The average molecular weight is 294 g/mol. The van der Waals surface area contributed by atoms with E-state index in [4.69, 9.17) is 4.74 Å². The van der Waals surface area contributed by atoms with Gasteiger partial charge in [-0.1, -0.05) is 0 Å². The Labute approximate surface area is 122 Å². The Hall–Kier alpha value is -2.41. The average Bonchev–Trinajstić information content (AvgIpc) is 2.47. The highest BCUT2D eigenvalue weighted by Crippen LogP contribution is 2.10. The normalized spacial score (nSPS) is 11.4. The van der Waals surface area contributed by atoms with Gasteiger partial charge in [-0.25, -0.2) is 4.79 Å². The van der Waals surface area contributed by atoms with Crippen LogP contribution in [0.25, 0.3) is 0 Å². The zero-order chi connectivity index (χ0) is 15.8. The van der Waals surface area contributed by atoms with Gasteiger partial charge in [0.2, 0.25) is 0 Å². The lowest BCUT2D eigenvalue weighted by atomic mass is 10.2. The van der Waals surface area contributed by atoms with Gasteiger partial charge < -0.3 is 20.1 Å². The topological polar surface area (TPSA) is 93.7 Å². The van der Waals surface area contributed by atoms with E-state index in [0.717, 1.165) is 0 Å². The standard InChI is InChI=1S/C14H18N2O5/c1-9(8-20-2)15-12(17)13(18)16-11-6-4-10(5-7-11)14(19)21-3/h4-7,9H,8H2,1-3H3,(H,15,17)(H,16,18)/t9-/m0/s1. The highest BCUT2D eigenvalue weighted by atomic mass is 16.5. The van der Waals surface area contributed by atoms with Gasteiger partial charge in [-0.15, -0.1) is 0 Å². The van der Waals surface area contributed by atoms with Crippen molar-refractivity contribution < 1.29 is 23.9 Å². The number of hydrogen-bond donors (Lipinski definition) is 2. The molecule has 1 atom stereocenters. The molecular weight excluding hydrogens is 276 g/mol. The molecule has 1 rings (SSSR count). The minimum Gasteiger partial charge on any atom is -0.465 e. The van der Waals surface area contributed by atoms with Crippen LogP contribution in [0.1, 0.15) is 17.3 Å². The number of benzene rings is 1. The largest absolute Gasteiger partial charge is 0.465 e. The fraction of sp³-hybridized carbons (Fsp3) is 0.357. The maximum atomic E-state index is 11.7. The minimum atomic E-state index is -0.788. The third-order valence-corrected chi connectivity index (χ3v) is 2.56. The molecule has 0 radical (unpaired) electrons. The Kier molecular flexibility index (Phi) is 6.35. The molecule has 0 aliphatic rings. The molecule has 0 bridgehead atoms. The molecule has 2 amide bonds. The first-order valence-electron chi connectivity index (χ1n) is 6.27. The molecule has 21 heavy (non-hydrogen) atoms. The molecule has 7 heteroatoms. The van der Waals surface area contributed by atoms with E-state index in [0.29, 0.717) is 17.9 Å². The van der Waals surface area contributed by atoms with Crippen molar-refractivity contribution in [2.75, 3.05) is 26.1 Å². The molecule has 0 spiro atoms. The van der Waals surface area contributed by atoms with Crippen molar-refractivity contribution in [3.63, 3.8) is 0 Å². The zero-order valence-corrected chi connectivity index (χ0v) is 12.1. The van der Waals surface area contributed by atoms with Gasteiger partial charge in [-0.2, -0.15) is 0 Å². The summed E-state index contributed by atoms with van der Waals surface area (Å²) in [7, 11) is 2.79. The molecular formula is C14H18N2O5. The number of esters is 1. The fourth-order valence-electron chi connectivity index (χ4n) is 1.58. The van der Waals surface area contributed by atoms with Crippen LogP contribution >= 0.6 is 0 Å². The molecule has 0 aliphatic heterocycles. The van der Waals surface area contributed by atoms with Crippen molar-refractivity contribution in [2.24, 2.45) is 0 Å². The maximum Gasteiger partial charge on any atom is 0.337 e. The van der Waals surface area contributed by atoms with E-state index in [-0.39, 0.29) is 6.04 Å². The van der Waals surface area contributed by atoms with Gasteiger partial charge in [0.1, 0.15) is 0 Å². The Morgan fingerprint density at radius 1 is 1.10 bits per heavy atom. The van der Waals surface area contributed by atoms with Gasteiger partial charge in [0.25, 0.3) is 0 Å². The Bertz CT molecular complexity index is 513. The fourth-order valence-corrected chi connectivity index (χ4v) is 1.58. The summed E-state index contributed by atoms with van der Waals surface area (Å²) in [6.45, 7) is 2.03. The molecule has 0 fully saturated rings. The van der Waals surface area contributed by atoms with E-state index in [1.54, 1.807) is 6.92 Å². The molecule has 114 valence electrons. The molecule has 7 nitrogen and oxygen atoms in total. The Balaban J connectivity index is 2.58. The van der Waals surface area contributed by atoms with E-state index in [1.807, 2.05) is 0 Å². The highest BCUT2D eigenvalue weighted by Gasteiger charge is 2.16. The third-order valence-electron chi connectivity index (χ3n) is 2.56. The molecule has 0 aromatic heterocycles. The molecule has 0 saturated heterocycles. The SMILES string of the molecule is COC[C@H](C)NC(=O)C(=O)Nc1ccc(C(=O)OC)cc1. The number of methoxy groups -OCH3 is 2. The van der Waals surface area contributed by atoms with E-state index in [1.165, 1.54) is 38.5 Å². The second-order valence-electron chi connectivity index (χ2n) is 4.35. The lowest BCUT2D eigenvalue weighted by molar-refractivity contribution is -0.136.